The van der Waals surface area contributed by atoms with Gasteiger partial charge in [-0.2, -0.15) is 0 Å². The highest BCUT2D eigenvalue weighted by atomic mass is 35.5. The molecular formula is C16H16ClNO3. The lowest BCUT2D eigenvalue weighted by atomic mass is 9.82. The Balaban J connectivity index is 1.66. The number of carboxylic acids is 1. The molecule has 1 aromatic carbocycles. The molecule has 2 aliphatic carbocycles. The molecule has 3 rings (SSSR count). The minimum Gasteiger partial charge on any atom is -0.481 e. The summed E-state index contributed by atoms with van der Waals surface area (Å²) in [5.41, 5.74) is 0.943. The van der Waals surface area contributed by atoms with Gasteiger partial charge in [-0.3, -0.25) is 9.59 Å². The summed E-state index contributed by atoms with van der Waals surface area (Å²) in [4.78, 5) is 23.7. The highest BCUT2D eigenvalue weighted by Gasteiger charge is 2.51. The number of carboxylic acid groups (broad SMARTS) is 1. The van der Waals surface area contributed by atoms with E-state index >= 15 is 0 Å². The predicted molar refractivity (Wildman–Crippen MR) is 78.7 cm³/mol. The number of rotatable bonds is 4. The number of amides is 1. The molecule has 1 aromatic rings. The van der Waals surface area contributed by atoms with Gasteiger partial charge in [0.2, 0.25) is 5.91 Å². The first kappa shape index (κ1) is 14.1. The van der Waals surface area contributed by atoms with Crippen molar-refractivity contribution in [3.05, 3.63) is 47.0 Å². The van der Waals surface area contributed by atoms with Gasteiger partial charge in [-0.1, -0.05) is 35.9 Å². The molecule has 0 saturated heterocycles. The van der Waals surface area contributed by atoms with Gasteiger partial charge in [0.15, 0.2) is 0 Å². The summed E-state index contributed by atoms with van der Waals surface area (Å²) in [7, 11) is 0. The normalized spacial score (nSPS) is 29.6. The molecule has 2 aliphatic rings. The molecule has 2 bridgehead atoms. The second-order valence-electron chi connectivity index (χ2n) is 5.68. The van der Waals surface area contributed by atoms with E-state index in [-0.39, 0.29) is 17.7 Å². The fourth-order valence-corrected chi connectivity index (χ4v) is 3.55. The van der Waals surface area contributed by atoms with Crippen LogP contribution < -0.4 is 5.32 Å². The molecular weight excluding hydrogens is 290 g/mol. The van der Waals surface area contributed by atoms with Crippen molar-refractivity contribution in [2.75, 3.05) is 0 Å². The molecule has 0 heterocycles. The second-order valence-corrected chi connectivity index (χ2v) is 6.12. The molecule has 0 radical (unpaired) electrons. The maximum atomic E-state index is 12.4. The third-order valence-electron chi connectivity index (χ3n) is 4.43. The molecule has 1 saturated carbocycles. The Morgan fingerprint density at radius 1 is 1.14 bits per heavy atom. The molecule has 0 spiro atoms. The van der Waals surface area contributed by atoms with E-state index in [9.17, 15) is 14.7 Å². The van der Waals surface area contributed by atoms with Gasteiger partial charge in [-0.15, -0.1) is 0 Å². The fraction of sp³-hybridized carbons (Fsp3) is 0.375. The van der Waals surface area contributed by atoms with Gasteiger partial charge in [0.05, 0.1) is 11.8 Å². The molecule has 2 N–H and O–H groups in total. The SMILES string of the molecule is O=C(O)[C@@H]1[C@H](C(=O)NCc2ccc(Cl)cc2)[C@@H]2C=C[C@H]1C2. The van der Waals surface area contributed by atoms with Crippen LogP contribution in [-0.2, 0) is 16.1 Å². The number of carbonyl (C=O) groups excluding carboxylic acids is 1. The van der Waals surface area contributed by atoms with E-state index in [2.05, 4.69) is 5.32 Å². The lowest BCUT2D eigenvalue weighted by Gasteiger charge is -2.23. The van der Waals surface area contributed by atoms with E-state index in [1.807, 2.05) is 24.3 Å². The summed E-state index contributed by atoms with van der Waals surface area (Å²) in [5.74, 6) is -2.04. The first-order chi connectivity index (χ1) is 10.1. The van der Waals surface area contributed by atoms with Crippen molar-refractivity contribution in [2.24, 2.45) is 23.7 Å². The van der Waals surface area contributed by atoms with Gasteiger partial charge < -0.3 is 10.4 Å². The van der Waals surface area contributed by atoms with Crippen LogP contribution in [0.4, 0.5) is 0 Å². The Bertz CT molecular complexity index is 596. The Morgan fingerprint density at radius 3 is 2.38 bits per heavy atom. The zero-order valence-electron chi connectivity index (χ0n) is 11.3. The van der Waals surface area contributed by atoms with E-state index in [0.717, 1.165) is 12.0 Å². The van der Waals surface area contributed by atoms with E-state index in [0.29, 0.717) is 11.6 Å². The summed E-state index contributed by atoms with van der Waals surface area (Å²) < 4.78 is 0. The number of allylic oxidation sites excluding steroid dienone is 2. The number of fused-ring (bicyclic) bond motifs is 2. The monoisotopic (exact) mass is 305 g/mol. The third-order valence-corrected chi connectivity index (χ3v) is 4.68. The van der Waals surface area contributed by atoms with Crippen molar-refractivity contribution in [1.82, 2.24) is 5.32 Å². The van der Waals surface area contributed by atoms with E-state index in [1.54, 1.807) is 12.1 Å². The van der Waals surface area contributed by atoms with Crippen molar-refractivity contribution < 1.29 is 14.7 Å². The van der Waals surface area contributed by atoms with Gasteiger partial charge in [0.25, 0.3) is 0 Å². The zero-order chi connectivity index (χ0) is 15.0. The van der Waals surface area contributed by atoms with E-state index < -0.39 is 17.8 Å². The molecule has 21 heavy (non-hydrogen) atoms. The van der Waals surface area contributed by atoms with Crippen molar-refractivity contribution in [2.45, 2.75) is 13.0 Å². The number of carbonyl (C=O) groups is 2. The van der Waals surface area contributed by atoms with Gasteiger partial charge in [-0.25, -0.2) is 0 Å². The standard InChI is InChI=1S/C16H16ClNO3/c17-12-5-1-9(2-6-12)8-18-15(19)13-10-3-4-11(7-10)14(13)16(20)21/h1-6,10-11,13-14H,7-8H2,(H,18,19)(H,20,21)/t10-,11+,13-,14+/m1/s1. The van der Waals surface area contributed by atoms with Gasteiger partial charge >= 0.3 is 5.97 Å². The largest absolute Gasteiger partial charge is 0.481 e. The van der Waals surface area contributed by atoms with Crippen molar-refractivity contribution in [1.29, 1.82) is 0 Å². The highest BCUT2D eigenvalue weighted by Crippen LogP contribution is 2.48. The Morgan fingerprint density at radius 2 is 1.76 bits per heavy atom. The third kappa shape index (κ3) is 2.68. The maximum Gasteiger partial charge on any atom is 0.307 e. The zero-order valence-corrected chi connectivity index (χ0v) is 12.1. The van der Waals surface area contributed by atoms with Crippen LogP contribution in [0.1, 0.15) is 12.0 Å². The maximum absolute atomic E-state index is 12.4. The molecule has 0 aliphatic heterocycles. The minimum atomic E-state index is -0.876. The molecule has 0 aromatic heterocycles. The summed E-state index contributed by atoms with van der Waals surface area (Å²) >= 11 is 5.81. The first-order valence-electron chi connectivity index (χ1n) is 6.99. The van der Waals surface area contributed by atoms with Crippen LogP contribution in [0.3, 0.4) is 0 Å². The van der Waals surface area contributed by atoms with Crippen LogP contribution in [-0.4, -0.2) is 17.0 Å². The summed E-state index contributed by atoms with van der Waals surface area (Å²) in [5, 5.41) is 12.8. The molecule has 0 unspecified atom stereocenters. The van der Waals surface area contributed by atoms with E-state index in [1.165, 1.54) is 0 Å². The fourth-order valence-electron chi connectivity index (χ4n) is 3.43. The van der Waals surface area contributed by atoms with Crippen LogP contribution in [0.2, 0.25) is 5.02 Å². The summed E-state index contributed by atoms with van der Waals surface area (Å²) in [6.07, 6.45) is 4.69. The summed E-state index contributed by atoms with van der Waals surface area (Å²) in [6.45, 7) is 0.389. The van der Waals surface area contributed by atoms with Gasteiger partial charge in [-0.05, 0) is 36.0 Å². The number of benzene rings is 1. The molecule has 4 nitrogen and oxygen atoms in total. The number of hydrogen-bond acceptors (Lipinski definition) is 2. The van der Waals surface area contributed by atoms with Gasteiger partial charge in [0.1, 0.15) is 0 Å². The molecule has 5 heteroatoms. The molecule has 110 valence electrons. The Labute approximate surface area is 127 Å². The number of nitrogens with one attached hydrogen (secondary N) is 1. The van der Waals surface area contributed by atoms with Crippen molar-refractivity contribution >= 4 is 23.5 Å². The van der Waals surface area contributed by atoms with Gasteiger partial charge in [0, 0.05) is 11.6 Å². The summed E-state index contributed by atoms with van der Waals surface area (Å²) in [6, 6.07) is 7.22. The van der Waals surface area contributed by atoms with Crippen LogP contribution in [0.15, 0.2) is 36.4 Å². The molecule has 4 atom stereocenters. The average molecular weight is 306 g/mol. The Kier molecular flexibility index (Phi) is 3.72. The van der Waals surface area contributed by atoms with E-state index in [4.69, 9.17) is 11.6 Å². The number of halogens is 1. The average Bonchev–Trinajstić information content (AvgIpc) is 3.06. The lowest BCUT2D eigenvalue weighted by Crippen LogP contribution is -2.39. The number of aliphatic carboxylic acids is 1. The van der Waals surface area contributed by atoms with Crippen molar-refractivity contribution in [3.63, 3.8) is 0 Å². The lowest BCUT2D eigenvalue weighted by molar-refractivity contribution is -0.147. The van der Waals surface area contributed by atoms with Crippen LogP contribution in [0, 0.1) is 23.7 Å². The quantitative estimate of drug-likeness (QED) is 0.840. The smallest absolute Gasteiger partial charge is 0.307 e. The number of hydrogen-bond donors (Lipinski definition) is 2. The van der Waals surface area contributed by atoms with Crippen LogP contribution >= 0.6 is 11.6 Å². The molecule has 1 fully saturated rings. The molecule has 1 amide bonds. The first-order valence-corrected chi connectivity index (χ1v) is 7.37. The topological polar surface area (TPSA) is 66.4 Å². The Hall–Kier alpha value is -1.81. The minimum absolute atomic E-state index is 0.00113. The van der Waals surface area contributed by atoms with Crippen LogP contribution in [0.25, 0.3) is 0 Å². The predicted octanol–water partition coefficient (Wildman–Crippen LogP) is 2.48. The van der Waals surface area contributed by atoms with Crippen molar-refractivity contribution in [3.8, 4) is 0 Å². The van der Waals surface area contributed by atoms with Crippen LogP contribution in [0.5, 0.6) is 0 Å². The second kappa shape index (κ2) is 5.53. The highest BCUT2D eigenvalue weighted by molar-refractivity contribution is 6.30.